The Kier molecular flexibility index (Phi) is 5.93. The van der Waals surface area contributed by atoms with E-state index in [0.717, 1.165) is 16.9 Å². The predicted molar refractivity (Wildman–Crippen MR) is 113 cm³/mol. The van der Waals surface area contributed by atoms with Gasteiger partial charge in [0.15, 0.2) is 11.5 Å². The smallest absolute Gasteiger partial charge is 0.225 e. The lowest BCUT2D eigenvalue weighted by Crippen LogP contribution is -2.37. The van der Waals surface area contributed by atoms with Crippen molar-refractivity contribution in [3.05, 3.63) is 59.7 Å². The van der Waals surface area contributed by atoms with Gasteiger partial charge in [-0.3, -0.25) is 9.59 Å². The third-order valence-corrected chi connectivity index (χ3v) is 5.69. The third kappa shape index (κ3) is 4.42. The molecule has 2 atom stereocenters. The number of hydrogen-bond donors (Lipinski definition) is 1. The molecular formula is C24H28N2O4. The molecule has 2 aromatic rings. The van der Waals surface area contributed by atoms with E-state index in [9.17, 15) is 9.59 Å². The van der Waals surface area contributed by atoms with Crippen molar-refractivity contribution in [2.24, 2.45) is 11.8 Å². The summed E-state index contributed by atoms with van der Waals surface area (Å²) in [5, 5.41) is 3.17. The number of ether oxygens (including phenoxy) is 2. The fourth-order valence-electron chi connectivity index (χ4n) is 4.06. The highest BCUT2D eigenvalue weighted by atomic mass is 16.6. The Morgan fingerprint density at radius 1 is 1.10 bits per heavy atom. The van der Waals surface area contributed by atoms with E-state index in [1.165, 1.54) is 0 Å². The number of carbonyl (C=O) groups is 2. The van der Waals surface area contributed by atoms with Crippen LogP contribution in [0.25, 0.3) is 0 Å². The van der Waals surface area contributed by atoms with E-state index in [1.54, 1.807) is 4.90 Å². The van der Waals surface area contributed by atoms with Crippen LogP contribution in [0.1, 0.15) is 37.4 Å². The molecule has 0 aromatic heterocycles. The second kappa shape index (κ2) is 8.78. The number of hydrogen-bond acceptors (Lipinski definition) is 4. The lowest BCUT2D eigenvalue weighted by atomic mass is 9.94. The van der Waals surface area contributed by atoms with Crippen LogP contribution in [0.3, 0.4) is 0 Å². The van der Waals surface area contributed by atoms with E-state index in [1.807, 2.05) is 48.5 Å². The van der Waals surface area contributed by atoms with Crippen LogP contribution in [0.2, 0.25) is 0 Å². The number of fused-ring (bicyclic) bond motifs is 1. The molecule has 0 radical (unpaired) electrons. The van der Waals surface area contributed by atoms with E-state index in [4.69, 9.17) is 9.47 Å². The molecular weight excluding hydrogens is 380 g/mol. The zero-order chi connectivity index (χ0) is 21.1. The summed E-state index contributed by atoms with van der Waals surface area (Å²) in [6, 6.07) is 15.5. The predicted octanol–water partition coefficient (Wildman–Crippen LogP) is 3.32. The minimum absolute atomic E-state index is 0.0272. The van der Waals surface area contributed by atoms with Gasteiger partial charge in [0.2, 0.25) is 11.8 Å². The Hall–Kier alpha value is -3.02. The number of amides is 2. The molecule has 2 aliphatic rings. The quantitative estimate of drug-likeness (QED) is 0.796. The van der Waals surface area contributed by atoms with Crippen LogP contribution in [0.5, 0.6) is 11.5 Å². The maximum atomic E-state index is 13.0. The van der Waals surface area contributed by atoms with Crippen molar-refractivity contribution in [2.75, 3.05) is 19.8 Å². The van der Waals surface area contributed by atoms with Gasteiger partial charge in [0, 0.05) is 19.5 Å². The fourth-order valence-corrected chi connectivity index (χ4v) is 4.06. The molecule has 158 valence electrons. The molecule has 0 aliphatic carbocycles. The highest BCUT2D eigenvalue weighted by Crippen LogP contribution is 2.34. The Labute approximate surface area is 177 Å². The molecule has 2 heterocycles. The summed E-state index contributed by atoms with van der Waals surface area (Å²) in [5.41, 5.74) is 2.05. The lowest BCUT2D eigenvalue weighted by Gasteiger charge is -2.26. The normalized spacial score (nSPS) is 19.1. The van der Waals surface area contributed by atoms with Crippen molar-refractivity contribution in [3.8, 4) is 11.5 Å². The Bertz CT molecular complexity index is 913. The summed E-state index contributed by atoms with van der Waals surface area (Å²) >= 11 is 0. The van der Waals surface area contributed by atoms with E-state index in [-0.39, 0.29) is 36.1 Å². The van der Waals surface area contributed by atoms with E-state index < -0.39 is 0 Å². The number of carbonyl (C=O) groups excluding carboxylic acids is 2. The molecule has 0 saturated carbocycles. The van der Waals surface area contributed by atoms with Crippen molar-refractivity contribution in [2.45, 2.75) is 32.9 Å². The minimum atomic E-state index is -0.334. The largest absolute Gasteiger partial charge is 0.486 e. The molecule has 1 N–H and O–H groups in total. The summed E-state index contributed by atoms with van der Waals surface area (Å²) in [4.78, 5) is 27.3. The van der Waals surface area contributed by atoms with Crippen molar-refractivity contribution in [1.29, 1.82) is 0 Å². The molecule has 2 unspecified atom stereocenters. The average Bonchev–Trinajstić information content (AvgIpc) is 3.12. The highest BCUT2D eigenvalue weighted by Gasteiger charge is 2.35. The molecule has 1 saturated heterocycles. The first kappa shape index (κ1) is 20.3. The van der Waals surface area contributed by atoms with Crippen LogP contribution in [-0.4, -0.2) is 36.5 Å². The Balaban J connectivity index is 1.43. The molecule has 30 heavy (non-hydrogen) atoms. The van der Waals surface area contributed by atoms with Gasteiger partial charge in [-0.1, -0.05) is 50.2 Å². The van der Waals surface area contributed by atoms with Crippen LogP contribution in [0.15, 0.2) is 48.5 Å². The molecule has 2 aliphatic heterocycles. The average molecular weight is 408 g/mol. The number of nitrogens with one attached hydrogen (secondary N) is 1. The highest BCUT2D eigenvalue weighted by molar-refractivity contribution is 5.89. The fraction of sp³-hybridized carbons (Fsp3) is 0.417. The summed E-state index contributed by atoms with van der Waals surface area (Å²) in [7, 11) is 0. The van der Waals surface area contributed by atoms with Gasteiger partial charge in [-0.05, 0) is 29.2 Å². The summed E-state index contributed by atoms with van der Waals surface area (Å²) in [6.07, 6.45) is 0.255. The van der Waals surface area contributed by atoms with Crippen molar-refractivity contribution >= 4 is 11.8 Å². The molecule has 6 heteroatoms. The second-order valence-corrected chi connectivity index (χ2v) is 8.29. The van der Waals surface area contributed by atoms with Crippen LogP contribution in [0, 0.1) is 11.8 Å². The number of nitrogens with zero attached hydrogens (tertiary/aromatic N) is 1. The number of likely N-dealkylation sites (tertiary alicyclic amines) is 1. The zero-order valence-corrected chi connectivity index (χ0v) is 17.5. The van der Waals surface area contributed by atoms with Crippen molar-refractivity contribution in [3.63, 3.8) is 0 Å². The summed E-state index contributed by atoms with van der Waals surface area (Å²) < 4.78 is 11.3. The standard InChI is InChI=1S/C24H28N2O4/c1-16(2)23(18-8-9-20-21(12-18)30-11-10-29-20)25-24(28)19-13-22(27)26(15-19)14-17-6-4-3-5-7-17/h3-9,12,16,19,23H,10-11,13-15H2,1-2H3,(H,25,28). The summed E-state index contributed by atoms with van der Waals surface area (Å²) in [6.45, 7) is 6.21. The Morgan fingerprint density at radius 2 is 1.83 bits per heavy atom. The maximum Gasteiger partial charge on any atom is 0.225 e. The van der Waals surface area contributed by atoms with Gasteiger partial charge in [-0.2, -0.15) is 0 Å². The van der Waals surface area contributed by atoms with E-state index in [2.05, 4.69) is 19.2 Å². The van der Waals surface area contributed by atoms with Gasteiger partial charge in [-0.25, -0.2) is 0 Å². The third-order valence-electron chi connectivity index (χ3n) is 5.69. The van der Waals surface area contributed by atoms with Gasteiger partial charge < -0.3 is 19.7 Å². The topological polar surface area (TPSA) is 67.9 Å². The molecule has 2 aromatic carbocycles. The van der Waals surface area contributed by atoms with E-state index >= 15 is 0 Å². The van der Waals surface area contributed by atoms with Crippen molar-refractivity contribution < 1.29 is 19.1 Å². The number of benzene rings is 2. The number of rotatable bonds is 6. The first-order valence-corrected chi connectivity index (χ1v) is 10.5. The Morgan fingerprint density at radius 3 is 2.57 bits per heavy atom. The van der Waals surface area contributed by atoms with E-state index in [0.29, 0.717) is 32.1 Å². The van der Waals surface area contributed by atoms with Gasteiger partial charge in [0.1, 0.15) is 13.2 Å². The second-order valence-electron chi connectivity index (χ2n) is 8.29. The van der Waals surface area contributed by atoms with Gasteiger partial charge >= 0.3 is 0 Å². The molecule has 0 bridgehead atoms. The van der Waals surface area contributed by atoms with Gasteiger partial charge in [0.25, 0.3) is 0 Å². The molecule has 4 rings (SSSR count). The first-order chi connectivity index (χ1) is 14.5. The first-order valence-electron chi connectivity index (χ1n) is 10.5. The molecule has 6 nitrogen and oxygen atoms in total. The lowest BCUT2D eigenvalue weighted by molar-refractivity contribution is -0.129. The zero-order valence-electron chi connectivity index (χ0n) is 17.5. The molecule has 2 amide bonds. The van der Waals surface area contributed by atoms with Crippen LogP contribution in [0.4, 0.5) is 0 Å². The molecule has 0 spiro atoms. The monoisotopic (exact) mass is 408 g/mol. The van der Waals surface area contributed by atoms with Crippen LogP contribution in [-0.2, 0) is 16.1 Å². The summed E-state index contributed by atoms with van der Waals surface area (Å²) in [5.74, 6) is 1.25. The minimum Gasteiger partial charge on any atom is -0.486 e. The van der Waals surface area contributed by atoms with Crippen molar-refractivity contribution in [1.82, 2.24) is 10.2 Å². The van der Waals surface area contributed by atoms with Crippen LogP contribution >= 0.6 is 0 Å². The van der Waals surface area contributed by atoms with Gasteiger partial charge in [0.05, 0.1) is 12.0 Å². The molecule has 1 fully saturated rings. The maximum absolute atomic E-state index is 13.0. The van der Waals surface area contributed by atoms with Gasteiger partial charge in [-0.15, -0.1) is 0 Å². The van der Waals surface area contributed by atoms with Crippen LogP contribution < -0.4 is 14.8 Å². The SMILES string of the molecule is CC(C)C(NC(=O)C1CC(=O)N(Cc2ccccc2)C1)c1ccc2c(c1)OCCO2.